The first-order chi connectivity index (χ1) is 9.40. The van der Waals surface area contributed by atoms with Gasteiger partial charge in [-0.05, 0) is 25.5 Å². The smallest absolute Gasteiger partial charge is 0.300 e. The molecule has 0 amide bonds. The highest BCUT2D eigenvalue weighted by molar-refractivity contribution is 7.98. The van der Waals surface area contributed by atoms with Crippen molar-refractivity contribution in [2.24, 2.45) is 14.1 Å². The lowest BCUT2D eigenvalue weighted by molar-refractivity contribution is 0.665. The maximum atomic E-state index is 11.8. The molecule has 106 valence electrons. The predicted octanol–water partition coefficient (Wildman–Crippen LogP) is 1.99. The van der Waals surface area contributed by atoms with Crippen molar-refractivity contribution in [3.8, 4) is 0 Å². The Balaban J connectivity index is 2.28. The van der Waals surface area contributed by atoms with E-state index < -0.39 is 0 Å². The van der Waals surface area contributed by atoms with Gasteiger partial charge in [0.05, 0.1) is 0 Å². The molecule has 0 unspecified atom stereocenters. The number of rotatable bonds is 3. The van der Waals surface area contributed by atoms with E-state index in [0.29, 0.717) is 5.75 Å². The second-order valence-electron chi connectivity index (χ2n) is 4.93. The van der Waals surface area contributed by atoms with Crippen molar-refractivity contribution in [3.63, 3.8) is 0 Å². The number of aryl methyl sites for hydroxylation is 2. The maximum Gasteiger partial charge on any atom is 0.330 e. The topological polar surface area (TPSA) is 44.0 Å². The fraction of sp³-hybridized carbons (Fsp3) is 0.333. The summed E-state index contributed by atoms with van der Waals surface area (Å²) in [5.41, 5.74) is 2.64. The molecule has 2 aromatic rings. The largest absolute Gasteiger partial charge is 0.330 e. The van der Waals surface area contributed by atoms with E-state index in [9.17, 15) is 9.59 Å². The third-order valence-electron chi connectivity index (χ3n) is 3.33. The van der Waals surface area contributed by atoms with E-state index >= 15 is 0 Å². The second kappa shape index (κ2) is 5.71. The number of benzene rings is 1. The SMILES string of the molecule is Cc1ccc(SCc2cc(=O)n(C)c(=O)n2C)c(C)c1. The van der Waals surface area contributed by atoms with Crippen LogP contribution in [0.4, 0.5) is 0 Å². The van der Waals surface area contributed by atoms with Gasteiger partial charge in [0.1, 0.15) is 0 Å². The Kier molecular flexibility index (Phi) is 4.18. The molecule has 5 heteroatoms. The summed E-state index contributed by atoms with van der Waals surface area (Å²) in [4.78, 5) is 24.7. The van der Waals surface area contributed by atoms with Gasteiger partial charge in [-0.1, -0.05) is 17.7 Å². The highest BCUT2D eigenvalue weighted by Gasteiger charge is 2.07. The van der Waals surface area contributed by atoms with E-state index in [1.165, 1.54) is 33.7 Å². The highest BCUT2D eigenvalue weighted by Crippen LogP contribution is 2.25. The molecule has 2 rings (SSSR count). The maximum absolute atomic E-state index is 11.8. The van der Waals surface area contributed by atoms with Crippen LogP contribution in [0.15, 0.2) is 38.8 Å². The van der Waals surface area contributed by atoms with Gasteiger partial charge < -0.3 is 0 Å². The van der Waals surface area contributed by atoms with Crippen LogP contribution >= 0.6 is 11.8 Å². The standard InChI is InChI=1S/C15H18N2O2S/c1-10-5-6-13(11(2)7-10)20-9-12-8-14(18)17(4)15(19)16(12)3/h5-8H,9H2,1-4H3. The van der Waals surface area contributed by atoms with Gasteiger partial charge in [0.15, 0.2) is 0 Å². The Morgan fingerprint density at radius 3 is 2.40 bits per heavy atom. The highest BCUT2D eigenvalue weighted by atomic mass is 32.2. The van der Waals surface area contributed by atoms with Crippen molar-refractivity contribution in [1.29, 1.82) is 0 Å². The van der Waals surface area contributed by atoms with Crippen LogP contribution in [0.3, 0.4) is 0 Å². The van der Waals surface area contributed by atoms with Crippen molar-refractivity contribution in [2.75, 3.05) is 0 Å². The summed E-state index contributed by atoms with van der Waals surface area (Å²) in [6, 6.07) is 7.80. The average molecular weight is 290 g/mol. The minimum Gasteiger partial charge on any atom is -0.300 e. The molecule has 0 N–H and O–H groups in total. The lowest BCUT2D eigenvalue weighted by Gasteiger charge is -2.10. The van der Waals surface area contributed by atoms with Gasteiger partial charge in [0, 0.05) is 36.5 Å². The average Bonchev–Trinajstić information content (AvgIpc) is 2.40. The summed E-state index contributed by atoms with van der Waals surface area (Å²) >= 11 is 1.64. The second-order valence-corrected chi connectivity index (χ2v) is 5.95. The molecule has 0 radical (unpaired) electrons. The van der Waals surface area contributed by atoms with Crippen molar-refractivity contribution in [2.45, 2.75) is 24.5 Å². The van der Waals surface area contributed by atoms with Crippen LogP contribution in [-0.2, 0) is 19.8 Å². The van der Waals surface area contributed by atoms with Crippen molar-refractivity contribution in [3.05, 3.63) is 61.9 Å². The molecule has 0 bridgehead atoms. The lowest BCUT2D eigenvalue weighted by atomic mass is 10.2. The van der Waals surface area contributed by atoms with Crippen LogP contribution in [0.25, 0.3) is 0 Å². The molecule has 0 atom stereocenters. The zero-order valence-electron chi connectivity index (χ0n) is 12.1. The molecule has 1 aromatic carbocycles. The van der Waals surface area contributed by atoms with Gasteiger partial charge in [-0.2, -0.15) is 0 Å². The molecule has 0 saturated heterocycles. The minimum absolute atomic E-state index is 0.260. The lowest BCUT2D eigenvalue weighted by Crippen LogP contribution is -2.37. The van der Waals surface area contributed by atoms with Gasteiger partial charge >= 0.3 is 5.69 Å². The number of nitrogens with zero attached hydrogens (tertiary/aromatic N) is 2. The van der Waals surface area contributed by atoms with Gasteiger partial charge in [0.2, 0.25) is 0 Å². The molecule has 0 fully saturated rings. The van der Waals surface area contributed by atoms with Crippen LogP contribution in [0.5, 0.6) is 0 Å². The Bertz CT molecular complexity index is 759. The quantitative estimate of drug-likeness (QED) is 0.812. The van der Waals surface area contributed by atoms with E-state index in [2.05, 4.69) is 32.0 Å². The van der Waals surface area contributed by atoms with E-state index in [1.807, 2.05) is 0 Å². The van der Waals surface area contributed by atoms with Crippen molar-refractivity contribution >= 4 is 11.8 Å². The summed E-state index contributed by atoms with van der Waals surface area (Å²) in [6.07, 6.45) is 0. The Hall–Kier alpha value is -1.75. The third-order valence-corrected chi connectivity index (χ3v) is 4.54. The summed E-state index contributed by atoms with van der Waals surface area (Å²) < 4.78 is 2.64. The van der Waals surface area contributed by atoms with Crippen LogP contribution in [0.2, 0.25) is 0 Å². The molecular weight excluding hydrogens is 272 g/mol. The van der Waals surface area contributed by atoms with E-state index in [1.54, 1.807) is 18.8 Å². The summed E-state index contributed by atoms with van der Waals surface area (Å²) in [5, 5.41) is 0. The molecule has 1 heterocycles. The van der Waals surface area contributed by atoms with Crippen molar-refractivity contribution < 1.29 is 0 Å². The van der Waals surface area contributed by atoms with E-state index in [0.717, 1.165) is 10.3 Å². The van der Waals surface area contributed by atoms with Crippen LogP contribution in [0.1, 0.15) is 16.8 Å². The normalized spacial score (nSPS) is 10.8. The first-order valence-electron chi connectivity index (χ1n) is 6.36. The minimum atomic E-state index is -0.284. The van der Waals surface area contributed by atoms with Gasteiger partial charge in [0.25, 0.3) is 5.56 Å². The first kappa shape index (κ1) is 14.7. The molecule has 4 nitrogen and oxygen atoms in total. The number of aromatic nitrogens is 2. The van der Waals surface area contributed by atoms with E-state index in [4.69, 9.17) is 0 Å². The summed E-state index contributed by atoms with van der Waals surface area (Å²) in [5.74, 6) is 0.603. The molecule has 0 aliphatic rings. The monoisotopic (exact) mass is 290 g/mol. The first-order valence-corrected chi connectivity index (χ1v) is 7.34. The van der Waals surface area contributed by atoms with E-state index in [-0.39, 0.29) is 11.2 Å². The van der Waals surface area contributed by atoms with Crippen LogP contribution in [-0.4, -0.2) is 9.13 Å². The molecule has 20 heavy (non-hydrogen) atoms. The molecule has 0 aliphatic heterocycles. The molecule has 1 aromatic heterocycles. The van der Waals surface area contributed by atoms with Gasteiger partial charge in [-0.3, -0.25) is 13.9 Å². The molecular formula is C15H18N2O2S. The zero-order valence-corrected chi connectivity index (χ0v) is 13.0. The summed E-state index contributed by atoms with van der Waals surface area (Å²) in [7, 11) is 3.19. The number of thioether (sulfide) groups is 1. The Morgan fingerprint density at radius 1 is 1.05 bits per heavy atom. The zero-order chi connectivity index (χ0) is 14.9. The van der Waals surface area contributed by atoms with Crippen LogP contribution < -0.4 is 11.2 Å². The van der Waals surface area contributed by atoms with Gasteiger partial charge in [-0.25, -0.2) is 4.79 Å². The Labute approximate surface area is 122 Å². The number of hydrogen-bond donors (Lipinski definition) is 0. The van der Waals surface area contributed by atoms with Crippen molar-refractivity contribution in [1.82, 2.24) is 9.13 Å². The fourth-order valence-corrected chi connectivity index (χ4v) is 3.06. The van der Waals surface area contributed by atoms with Crippen LogP contribution in [0, 0.1) is 13.8 Å². The third kappa shape index (κ3) is 2.88. The predicted molar refractivity (Wildman–Crippen MR) is 82.4 cm³/mol. The summed E-state index contributed by atoms with van der Waals surface area (Å²) in [6.45, 7) is 4.13. The molecule has 0 aliphatic carbocycles. The molecule has 0 saturated carbocycles. The fourth-order valence-electron chi connectivity index (χ4n) is 2.03. The Morgan fingerprint density at radius 2 is 1.75 bits per heavy atom. The number of hydrogen-bond acceptors (Lipinski definition) is 3. The molecule has 0 spiro atoms. The van der Waals surface area contributed by atoms with Gasteiger partial charge in [-0.15, -0.1) is 11.8 Å².